The second-order valence-corrected chi connectivity index (χ2v) is 4.05. The Balaban J connectivity index is 2.34. The third kappa shape index (κ3) is 2.53. The van der Waals surface area contributed by atoms with E-state index in [9.17, 15) is 9.18 Å². The highest BCUT2D eigenvalue weighted by Crippen LogP contribution is 2.24. The Labute approximate surface area is 104 Å². The van der Waals surface area contributed by atoms with Crippen LogP contribution in [0.5, 0.6) is 0 Å². The molecule has 0 atom stereocenters. The van der Waals surface area contributed by atoms with Crippen molar-refractivity contribution in [2.75, 3.05) is 0 Å². The first kappa shape index (κ1) is 12.2. The molecular weight excluding hydrogens is 233 g/mol. The standard InChI is InChI=1S/C14H12FNO2/c1-9-3-2-4-12(14(9)15)10-5-6-11(16-8-10)7-13(17)18/h2-6,8H,7H2,1H3,(H,17,18). The summed E-state index contributed by atoms with van der Waals surface area (Å²) >= 11 is 0. The van der Waals surface area contributed by atoms with Crippen LogP contribution >= 0.6 is 0 Å². The summed E-state index contributed by atoms with van der Waals surface area (Å²) in [6.45, 7) is 1.70. The van der Waals surface area contributed by atoms with E-state index >= 15 is 0 Å². The molecule has 1 aromatic heterocycles. The van der Waals surface area contributed by atoms with E-state index in [1.165, 1.54) is 6.20 Å². The predicted molar refractivity (Wildman–Crippen MR) is 65.7 cm³/mol. The van der Waals surface area contributed by atoms with E-state index in [0.717, 1.165) is 0 Å². The number of aromatic nitrogens is 1. The van der Waals surface area contributed by atoms with E-state index in [-0.39, 0.29) is 12.2 Å². The molecule has 0 aliphatic rings. The number of rotatable bonds is 3. The topological polar surface area (TPSA) is 50.2 Å². The second kappa shape index (κ2) is 4.96. The van der Waals surface area contributed by atoms with Crippen molar-refractivity contribution in [3.05, 3.63) is 53.6 Å². The molecule has 0 spiro atoms. The molecule has 0 amide bonds. The molecule has 1 aromatic carbocycles. The van der Waals surface area contributed by atoms with Crippen LogP contribution in [0.15, 0.2) is 36.5 Å². The van der Waals surface area contributed by atoms with E-state index in [1.54, 1.807) is 37.3 Å². The third-order valence-corrected chi connectivity index (χ3v) is 2.66. The molecule has 0 fully saturated rings. The number of nitrogens with zero attached hydrogens (tertiary/aromatic N) is 1. The Kier molecular flexibility index (Phi) is 3.37. The fraction of sp³-hybridized carbons (Fsp3) is 0.143. The molecule has 2 rings (SSSR count). The van der Waals surface area contributed by atoms with E-state index in [2.05, 4.69) is 4.98 Å². The van der Waals surface area contributed by atoms with Crippen LogP contribution in [-0.2, 0) is 11.2 Å². The van der Waals surface area contributed by atoms with Crippen LogP contribution < -0.4 is 0 Å². The zero-order valence-electron chi connectivity index (χ0n) is 9.85. The number of benzene rings is 1. The van der Waals surface area contributed by atoms with Crippen LogP contribution in [0.1, 0.15) is 11.3 Å². The number of hydrogen-bond donors (Lipinski definition) is 1. The number of hydrogen-bond acceptors (Lipinski definition) is 2. The lowest BCUT2D eigenvalue weighted by atomic mass is 10.0. The lowest BCUT2D eigenvalue weighted by Gasteiger charge is -2.06. The Morgan fingerprint density at radius 2 is 2.11 bits per heavy atom. The number of carboxylic acids is 1. The average Bonchev–Trinajstić information content (AvgIpc) is 2.33. The smallest absolute Gasteiger partial charge is 0.309 e. The molecule has 92 valence electrons. The van der Waals surface area contributed by atoms with E-state index < -0.39 is 5.97 Å². The van der Waals surface area contributed by atoms with Gasteiger partial charge in [-0.1, -0.05) is 24.3 Å². The number of halogens is 1. The fourth-order valence-corrected chi connectivity index (χ4v) is 1.71. The van der Waals surface area contributed by atoms with Crippen molar-refractivity contribution < 1.29 is 14.3 Å². The highest BCUT2D eigenvalue weighted by molar-refractivity contribution is 5.70. The lowest BCUT2D eigenvalue weighted by molar-refractivity contribution is -0.136. The largest absolute Gasteiger partial charge is 0.481 e. The molecule has 2 aromatic rings. The minimum Gasteiger partial charge on any atom is -0.481 e. The molecule has 0 saturated heterocycles. The highest BCUT2D eigenvalue weighted by atomic mass is 19.1. The normalized spacial score (nSPS) is 10.3. The first-order valence-electron chi connectivity index (χ1n) is 5.50. The van der Waals surface area contributed by atoms with E-state index in [0.29, 0.717) is 22.4 Å². The number of aliphatic carboxylic acids is 1. The molecular formula is C14H12FNO2. The Morgan fingerprint density at radius 1 is 1.33 bits per heavy atom. The van der Waals surface area contributed by atoms with Crippen LogP contribution in [0.3, 0.4) is 0 Å². The van der Waals surface area contributed by atoms with Crippen LogP contribution in [0.4, 0.5) is 4.39 Å². The Hall–Kier alpha value is -2.23. The van der Waals surface area contributed by atoms with Gasteiger partial charge < -0.3 is 5.11 Å². The van der Waals surface area contributed by atoms with Crippen molar-refractivity contribution in [1.82, 2.24) is 4.98 Å². The summed E-state index contributed by atoms with van der Waals surface area (Å²) in [6, 6.07) is 8.44. The van der Waals surface area contributed by atoms with Gasteiger partial charge in [-0.15, -0.1) is 0 Å². The molecule has 1 N–H and O–H groups in total. The molecule has 4 heteroatoms. The zero-order chi connectivity index (χ0) is 13.1. The van der Waals surface area contributed by atoms with Gasteiger partial charge in [0.25, 0.3) is 0 Å². The van der Waals surface area contributed by atoms with Gasteiger partial charge in [0.05, 0.1) is 12.1 Å². The van der Waals surface area contributed by atoms with Crippen molar-refractivity contribution in [3.63, 3.8) is 0 Å². The zero-order valence-corrected chi connectivity index (χ0v) is 9.85. The maximum Gasteiger partial charge on any atom is 0.309 e. The SMILES string of the molecule is Cc1cccc(-c2ccc(CC(=O)O)nc2)c1F. The van der Waals surface area contributed by atoms with Crippen LogP contribution in [0, 0.1) is 12.7 Å². The molecule has 0 unspecified atom stereocenters. The van der Waals surface area contributed by atoms with Gasteiger partial charge in [-0.2, -0.15) is 0 Å². The van der Waals surface area contributed by atoms with Crippen LogP contribution in [0.25, 0.3) is 11.1 Å². The van der Waals surface area contributed by atoms with Crippen LogP contribution in [0.2, 0.25) is 0 Å². The monoisotopic (exact) mass is 245 g/mol. The summed E-state index contributed by atoms with van der Waals surface area (Å²) in [5.74, 6) is -1.21. The number of pyridine rings is 1. The van der Waals surface area contributed by atoms with Crippen molar-refractivity contribution in [2.24, 2.45) is 0 Å². The van der Waals surface area contributed by atoms with Crippen LogP contribution in [-0.4, -0.2) is 16.1 Å². The summed E-state index contributed by atoms with van der Waals surface area (Å²) in [6.07, 6.45) is 1.37. The molecule has 0 aliphatic carbocycles. The molecule has 3 nitrogen and oxygen atoms in total. The highest BCUT2D eigenvalue weighted by Gasteiger charge is 2.08. The number of carboxylic acid groups (broad SMARTS) is 1. The number of carbonyl (C=O) groups is 1. The van der Waals surface area contributed by atoms with Gasteiger partial charge >= 0.3 is 5.97 Å². The summed E-state index contributed by atoms with van der Waals surface area (Å²) in [4.78, 5) is 14.5. The maximum atomic E-state index is 13.9. The van der Waals surface area contributed by atoms with Gasteiger partial charge in [0.2, 0.25) is 0 Å². The lowest BCUT2D eigenvalue weighted by Crippen LogP contribution is -2.02. The molecule has 18 heavy (non-hydrogen) atoms. The van der Waals surface area contributed by atoms with Gasteiger partial charge in [-0.3, -0.25) is 9.78 Å². The van der Waals surface area contributed by atoms with Crippen molar-refractivity contribution >= 4 is 5.97 Å². The quantitative estimate of drug-likeness (QED) is 0.904. The van der Waals surface area contributed by atoms with Gasteiger partial charge in [-0.05, 0) is 18.6 Å². The average molecular weight is 245 g/mol. The van der Waals surface area contributed by atoms with Crippen molar-refractivity contribution in [3.8, 4) is 11.1 Å². The maximum absolute atomic E-state index is 13.9. The Bertz CT molecular complexity index is 579. The van der Waals surface area contributed by atoms with E-state index in [1.807, 2.05) is 0 Å². The minimum absolute atomic E-state index is 0.128. The molecule has 1 heterocycles. The van der Waals surface area contributed by atoms with Gasteiger partial charge in [-0.25, -0.2) is 4.39 Å². The summed E-state index contributed by atoms with van der Waals surface area (Å²) in [5.41, 5.74) is 2.15. The summed E-state index contributed by atoms with van der Waals surface area (Å²) in [5, 5.41) is 8.63. The fourth-order valence-electron chi connectivity index (χ4n) is 1.71. The first-order valence-corrected chi connectivity index (χ1v) is 5.50. The minimum atomic E-state index is -0.933. The first-order chi connectivity index (χ1) is 8.58. The third-order valence-electron chi connectivity index (χ3n) is 2.66. The van der Waals surface area contributed by atoms with Crippen molar-refractivity contribution in [1.29, 1.82) is 0 Å². The summed E-state index contributed by atoms with van der Waals surface area (Å²) < 4.78 is 13.9. The van der Waals surface area contributed by atoms with Gasteiger partial charge in [0, 0.05) is 17.3 Å². The van der Waals surface area contributed by atoms with Gasteiger partial charge in [0.15, 0.2) is 0 Å². The summed E-state index contributed by atoms with van der Waals surface area (Å²) in [7, 11) is 0. The van der Waals surface area contributed by atoms with Gasteiger partial charge in [0.1, 0.15) is 5.82 Å². The predicted octanol–water partition coefficient (Wildman–Crippen LogP) is 2.82. The molecule has 0 saturated carbocycles. The number of aryl methyl sites for hydroxylation is 1. The molecule has 0 bridgehead atoms. The van der Waals surface area contributed by atoms with E-state index in [4.69, 9.17) is 5.11 Å². The molecule has 0 aliphatic heterocycles. The second-order valence-electron chi connectivity index (χ2n) is 4.05. The molecule has 0 radical (unpaired) electrons. The Morgan fingerprint density at radius 3 is 2.72 bits per heavy atom. The van der Waals surface area contributed by atoms with Crippen molar-refractivity contribution in [2.45, 2.75) is 13.3 Å².